The zero-order chi connectivity index (χ0) is 14.9. The maximum atomic E-state index is 6.26. The van der Waals surface area contributed by atoms with Crippen molar-refractivity contribution in [3.05, 3.63) is 27.2 Å². The Morgan fingerprint density at radius 1 is 1.40 bits per heavy atom. The van der Waals surface area contributed by atoms with Crippen LogP contribution < -0.4 is 10.2 Å². The quantitative estimate of drug-likeness (QED) is 0.846. The van der Waals surface area contributed by atoms with Crippen molar-refractivity contribution in [1.82, 2.24) is 5.32 Å². The molecule has 0 bridgehead atoms. The molecule has 1 aliphatic heterocycles. The molecular weight excluding hydrogens is 336 g/mol. The second-order valence-electron chi connectivity index (χ2n) is 6.78. The normalized spacial score (nSPS) is 19.7. The Morgan fingerprint density at radius 2 is 2.10 bits per heavy atom. The smallest absolute Gasteiger partial charge is 0.0525 e. The fraction of sp³-hybridized carbons (Fsp3) is 0.625. The van der Waals surface area contributed by atoms with Crippen LogP contribution in [0.5, 0.6) is 0 Å². The number of nitrogens with zero attached hydrogens (tertiary/aromatic N) is 1. The van der Waals surface area contributed by atoms with Crippen LogP contribution in [0.3, 0.4) is 0 Å². The SMILES string of the molecule is Cc1cc(Br)c(N2CCC(CNC(C)(C)C)C2)cc1Cl. The van der Waals surface area contributed by atoms with Crippen molar-refractivity contribution in [3.8, 4) is 0 Å². The zero-order valence-corrected chi connectivity index (χ0v) is 15.1. The summed E-state index contributed by atoms with van der Waals surface area (Å²) >= 11 is 9.93. The van der Waals surface area contributed by atoms with Gasteiger partial charge in [-0.25, -0.2) is 0 Å². The van der Waals surface area contributed by atoms with Gasteiger partial charge in [-0.2, -0.15) is 0 Å². The largest absolute Gasteiger partial charge is 0.370 e. The summed E-state index contributed by atoms with van der Waals surface area (Å²) in [4.78, 5) is 2.43. The summed E-state index contributed by atoms with van der Waals surface area (Å²) in [5, 5.41) is 4.45. The average Bonchev–Trinajstić information content (AvgIpc) is 2.79. The Kier molecular flexibility index (Phi) is 5.04. The van der Waals surface area contributed by atoms with E-state index < -0.39 is 0 Å². The lowest BCUT2D eigenvalue weighted by Crippen LogP contribution is -2.39. The molecule has 0 spiro atoms. The first-order valence-electron chi connectivity index (χ1n) is 7.22. The van der Waals surface area contributed by atoms with Gasteiger partial charge in [-0.15, -0.1) is 0 Å². The number of hydrogen-bond donors (Lipinski definition) is 1. The molecular formula is C16H24BrClN2. The maximum absolute atomic E-state index is 6.26. The zero-order valence-electron chi connectivity index (χ0n) is 12.8. The molecule has 4 heteroatoms. The molecule has 0 aromatic heterocycles. The van der Waals surface area contributed by atoms with Crippen LogP contribution in [-0.2, 0) is 0 Å². The van der Waals surface area contributed by atoms with Gasteiger partial charge in [0.1, 0.15) is 0 Å². The van der Waals surface area contributed by atoms with E-state index in [0.717, 1.165) is 34.7 Å². The highest BCUT2D eigenvalue weighted by Gasteiger charge is 2.25. The van der Waals surface area contributed by atoms with Crippen LogP contribution in [0.1, 0.15) is 32.8 Å². The number of rotatable bonds is 3. The molecule has 1 saturated heterocycles. The van der Waals surface area contributed by atoms with Gasteiger partial charge >= 0.3 is 0 Å². The van der Waals surface area contributed by atoms with E-state index in [-0.39, 0.29) is 5.54 Å². The molecule has 2 rings (SSSR count). The molecule has 1 fully saturated rings. The van der Waals surface area contributed by atoms with Crippen molar-refractivity contribution in [1.29, 1.82) is 0 Å². The minimum absolute atomic E-state index is 0.196. The van der Waals surface area contributed by atoms with Gasteiger partial charge in [-0.3, -0.25) is 0 Å². The van der Waals surface area contributed by atoms with Gasteiger partial charge in [0, 0.05) is 34.7 Å². The summed E-state index contributed by atoms with van der Waals surface area (Å²) in [7, 11) is 0. The Balaban J connectivity index is 2.01. The molecule has 0 saturated carbocycles. The van der Waals surface area contributed by atoms with E-state index in [1.165, 1.54) is 12.1 Å². The minimum atomic E-state index is 0.196. The van der Waals surface area contributed by atoms with E-state index in [2.05, 4.69) is 59.1 Å². The summed E-state index contributed by atoms with van der Waals surface area (Å²) in [6, 6.07) is 4.19. The first-order valence-corrected chi connectivity index (χ1v) is 8.39. The van der Waals surface area contributed by atoms with E-state index >= 15 is 0 Å². The van der Waals surface area contributed by atoms with Crippen molar-refractivity contribution in [2.24, 2.45) is 5.92 Å². The molecule has 1 unspecified atom stereocenters. The standard InChI is InChI=1S/C16H24BrClN2/c1-11-7-13(17)15(8-14(11)18)20-6-5-12(10-20)9-19-16(2,3)4/h7-8,12,19H,5-6,9-10H2,1-4H3. The highest BCUT2D eigenvalue weighted by atomic mass is 79.9. The lowest BCUT2D eigenvalue weighted by Gasteiger charge is -2.24. The van der Waals surface area contributed by atoms with Crippen LogP contribution in [0.2, 0.25) is 5.02 Å². The molecule has 1 aliphatic rings. The van der Waals surface area contributed by atoms with Gasteiger partial charge < -0.3 is 10.2 Å². The summed E-state index contributed by atoms with van der Waals surface area (Å²) in [6.45, 7) is 12.0. The van der Waals surface area contributed by atoms with E-state index in [0.29, 0.717) is 5.92 Å². The highest BCUT2D eigenvalue weighted by Crippen LogP contribution is 2.34. The van der Waals surface area contributed by atoms with Gasteiger partial charge in [-0.05, 0) is 73.7 Å². The number of anilines is 1. The second kappa shape index (κ2) is 6.25. The van der Waals surface area contributed by atoms with Gasteiger partial charge in [0.15, 0.2) is 0 Å². The van der Waals surface area contributed by atoms with Crippen LogP contribution in [-0.4, -0.2) is 25.2 Å². The van der Waals surface area contributed by atoms with Crippen LogP contribution in [0.15, 0.2) is 16.6 Å². The summed E-state index contributed by atoms with van der Waals surface area (Å²) in [5.41, 5.74) is 2.53. The number of hydrogen-bond acceptors (Lipinski definition) is 2. The fourth-order valence-corrected chi connectivity index (χ4v) is 3.41. The van der Waals surface area contributed by atoms with Crippen molar-refractivity contribution in [3.63, 3.8) is 0 Å². The summed E-state index contributed by atoms with van der Waals surface area (Å²) in [5.74, 6) is 0.709. The third-order valence-corrected chi connectivity index (χ3v) is 4.82. The predicted octanol–water partition coefficient (Wildman–Crippen LogP) is 4.63. The van der Waals surface area contributed by atoms with Crippen LogP contribution in [0.4, 0.5) is 5.69 Å². The average molecular weight is 360 g/mol. The van der Waals surface area contributed by atoms with E-state index in [1.54, 1.807) is 0 Å². The number of benzene rings is 1. The first kappa shape index (κ1) is 16.1. The summed E-state index contributed by atoms with van der Waals surface area (Å²) < 4.78 is 1.14. The van der Waals surface area contributed by atoms with E-state index in [4.69, 9.17) is 11.6 Å². The molecule has 0 amide bonds. The first-order chi connectivity index (χ1) is 9.26. The Morgan fingerprint density at radius 3 is 2.75 bits per heavy atom. The molecule has 1 atom stereocenters. The maximum Gasteiger partial charge on any atom is 0.0525 e. The molecule has 1 N–H and O–H groups in total. The molecule has 0 radical (unpaired) electrons. The monoisotopic (exact) mass is 358 g/mol. The van der Waals surface area contributed by atoms with Gasteiger partial charge in [0.2, 0.25) is 0 Å². The van der Waals surface area contributed by atoms with Gasteiger partial charge in [0.25, 0.3) is 0 Å². The Hall–Kier alpha value is -0.250. The second-order valence-corrected chi connectivity index (χ2v) is 8.05. The van der Waals surface area contributed by atoms with E-state index in [9.17, 15) is 0 Å². The van der Waals surface area contributed by atoms with Crippen molar-refractivity contribution in [2.45, 2.75) is 39.7 Å². The number of nitrogens with one attached hydrogen (secondary N) is 1. The third-order valence-electron chi connectivity index (χ3n) is 3.78. The lowest BCUT2D eigenvalue weighted by atomic mass is 10.1. The molecule has 0 aliphatic carbocycles. The minimum Gasteiger partial charge on any atom is -0.370 e. The molecule has 2 nitrogen and oxygen atoms in total. The molecule has 1 aromatic carbocycles. The van der Waals surface area contributed by atoms with Crippen LogP contribution in [0.25, 0.3) is 0 Å². The Bertz CT molecular complexity index is 482. The highest BCUT2D eigenvalue weighted by molar-refractivity contribution is 9.10. The molecule has 1 heterocycles. The lowest BCUT2D eigenvalue weighted by molar-refractivity contribution is 0.383. The summed E-state index contributed by atoms with van der Waals surface area (Å²) in [6.07, 6.45) is 1.24. The van der Waals surface area contributed by atoms with Crippen molar-refractivity contribution < 1.29 is 0 Å². The topological polar surface area (TPSA) is 15.3 Å². The van der Waals surface area contributed by atoms with Crippen LogP contribution >= 0.6 is 27.5 Å². The Labute approximate surface area is 136 Å². The third kappa shape index (κ3) is 4.12. The van der Waals surface area contributed by atoms with Crippen molar-refractivity contribution in [2.75, 3.05) is 24.5 Å². The predicted molar refractivity (Wildman–Crippen MR) is 92.0 cm³/mol. The fourth-order valence-electron chi connectivity index (χ4n) is 2.55. The number of halogens is 2. The number of aryl methyl sites for hydroxylation is 1. The molecule has 20 heavy (non-hydrogen) atoms. The van der Waals surface area contributed by atoms with Crippen molar-refractivity contribution >= 4 is 33.2 Å². The van der Waals surface area contributed by atoms with Crippen LogP contribution in [0, 0.1) is 12.8 Å². The van der Waals surface area contributed by atoms with Gasteiger partial charge in [0.05, 0.1) is 5.69 Å². The molecule has 112 valence electrons. The van der Waals surface area contributed by atoms with Gasteiger partial charge in [-0.1, -0.05) is 11.6 Å². The molecule has 1 aromatic rings. The van der Waals surface area contributed by atoms with E-state index in [1.807, 2.05) is 6.92 Å².